The molecule has 4 rings (SSSR count). The molecular weight excluding hydrogens is 382 g/mol. The molecule has 0 saturated heterocycles. The fourth-order valence-corrected chi connectivity index (χ4v) is 3.65. The number of hydrogen-bond acceptors (Lipinski definition) is 5. The van der Waals surface area contributed by atoms with Crippen molar-refractivity contribution < 1.29 is 4.79 Å². The molecule has 1 N–H and O–H groups in total. The Hall–Kier alpha value is -3.45. The van der Waals surface area contributed by atoms with Crippen LogP contribution in [0.3, 0.4) is 0 Å². The number of anilines is 1. The number of hydrogen-bond donors (Lipinski definition) is 1. The van der Waals surface area contributed by atoms with Crippen molar-refractivity contribution in [2.75, 3.05) is 11.1 Å². The quantitative estimate of drug-likeness (QED) is 0.486. The molecule has 0 fully saturated rings. The predicted molar refractivity (Wildman–Crippen MR) is 115 cm³/mol. The number of carbonyl (C=O) groups is 1. The number of nitrogens with zero attached hydrogens (tertiary/aromatic N) is 4. The Bertz CT molecular complexity index is 1110. The van der Waals surface area contributed by atoms with Crippen molar-refractivity contribution >= 4 is 23.4 Å². The summed E-state index contributed by atoms with van der Waals surface area (Å²) in [5.41, 5.74) is 3.77. The Morgan fingerprint density at radius 3 is 2.55 bits per heavy atom. The summed E-state index contributed by atoms with van der Waals surface area (Å²) in [6, 6.07) is 21.3. The second kappa shape index (κ2) is 8.70. The molecule has 2 aromatic carbocycles. The third-order valence-corrected chi connectivity index (χ3v) is 5.15. The first-order valence-corrected chi connectivity index (χ1v) is 10.1. The minimum Gasteiger partial charge on any atom is -0.325 e. The molecule has 1 amide bonds. The van der Waals surface area contributed by atoms with Crippen LogP contribution in [0.25, 0.3) is 17.1 Å². The minimum absolute atomic E-state index is 0.0922. The topological polar surface area (TPSA) is 72.7 Å². The molecule has 0 bridgehead atoms. The van der Waals surface area contributed by atoms with Crippen LogP contribution in [0.4, 0.5) is 5.69 Å². The molecule has 0 aliphatic heterocycles. The molecule has 2 heterocycles. The number of nitrogens with one attached hydrogen (secondary N) is 1. The molecule has 4 aromatic rings. The Balaban J connectivity index is 1.61. The summed E-state index contributed by atoms with van der Waals surface area (Å²) in [5, 5.41) is 12.3. The van der Waals surface area contributed by atoms with Gasteiger partial charge in [-0.25, -0.2) is 0 Å². The van der Waals surface area contributed by atoms with E-state index in [1.807, 2.05) is 72.2 Å². The lowest BCUT2D eigenvalue weighted by molar-refractivity contribution is -0.113. The molecule has 6 nitrogen and oxygen atoms in total. The highest BCUT2D eigenvalue weighted by molar-refractivity contribution is 7.99. The lowest BCUT2D eigenvalue weighted by Gasteiger charge is -2.11. The van der Waals surface area contributed by atoms with Gasteiger partial charge in [0.2, 0.25) is 5.91 Å². The summed E-state index contributed by atoms with van der Waals surface area (Å²) in [5.74, 6) is 0.851. The fraction of sp³-hybridized carbons (Fsp3) is 0.0909. The highest BCUT2D eigenvalue weighted by Crippen LogP contribution is 2.28. The van der Waals surface area contributed by atoms with Crippen LogP contribution in [-0.2, 0) is 4.79 Å². The molecular formula is C22H19N5OS. The van der Waals surface area contributed by atoms with E-state index in [9.17, 15) is 4.79 Å². The predicted octanol–water partition coefficient (Wildman–Crippen LogP) is 4.37. The van der Waals surface area contributed by atoms with Gasteiger partial charge in [0.15, 0.2) is 11.0 Å². The SMILES string of the molecule is Cc1cccc(-n2c(SCC(=O)Nc3ccccc3)nnc2-c2ccncc2)c1. The van der Waals surface area contributed by atoms with E-state index in [1.165, 1.54) is 11.8 Å². The van der Waals surface area contributed by atoms with Crippen LogP contribution in [-0.4, -0.2) is 31.4 Å². The number of amides is 1. The van der Waals surface area contributed by atoms with Gasteiger partial charge in [-0.3, -0.25) is 14.3 Å². The molecule has 0 spiro atoms. The van der Waals surface area contributed by atoms with Gasteiger partial charge in [-0.1, -0.05) is 42.1 Å². The summed E-state index contributed by atoms with van der Waals surface area (Å²) >= 11 is 1.35. The van der Waals surface area contributed by atoms with Crippen LogP contribution in [0.2, 0.25) is 0 Å². The molecule has 7 heteroatoms. The van der Waals surface area contributed by atoms with Crippen LogP contribution in [0.15, 0.2) is 84.3 Å². The molecule has 0 radical (unpaired) electrons. The summed E-state index contributed by atoms with van der Waals surface area (Å²) in [6.45, 7) is 2.04. The minimum atomic E-state index is -0.0922. The molecule has 29 heavy (non-hydrogen) atoms. The standard InChI is InChI=1S/C22H19N5OS/c1-16-6-5-9-19(14-16)27-21(17-10-12-23-13-11-17)25-26-22(27)29-15-20(28)24-18-7-3-2-4-8-18/h2-14H,15H2,1H3,(H,24,28). The van der Waals surface area contributed by atoms with Crippen LogP contribution >= 0.6 is 11.8 Å². The second-order valence-corrected chi connectivity index (χ2v) is 7.36. The zero-order valence-electron chi connectivity index (χ0n) is 15.8. The smallest absolute Gasteiger partial charge is 0.234 e. The molecule has 0 saturated carbocycles. The van der Waals surface area contributed by atoms with E-state index >= 15 is 0 Å². The number of benzene rings is 2. The summed E-state index contributed by atoms with van der Waals surface area (Å²) in [4.78, 5) is 16.4. The Morgan fingerprint density at radius 2 is 1.79 bits per heavy atom. The Labute approximate surface area is 173 Å². The van der Waals surface area contributed by atoms with E-state index in [2.05, 4.69) is 26.6 Å². The molecule has 0 aliphatic carbocycles. The fourth-order valence-electron chi connectivity index (χ4n) is 2.90. The molecule has 2 aromatic heterocycles. The highest BCUT2D eigenvalue weighted by atomic mass is 32.2. The van der Waals surface area contributed by atoms with E-state index in [-0.39, 0.29) is 11.7 Å². The molecule has 144 valence electrons. The van der Waals surface area contributed by atoms with Gasteiger partial charge in [-0.2, -0.15) is 0 Å². The lowest BCUT2D eigenvalue weighted by atomic mass is 10.2. The lowest BCUT2D eigenvalue weighted by Crippen LogP contribution is -2.14. The van der Waals surface area contributed by atoms with Crippen molar-refractivity contribution in [1.29, 1.82) is 0 Å². The zero-order chi connectivity index (χ0) is 20.1. The van der Waals surface area contributed by atoms with Crippen LogP contribution in [0.1, 0.15) is 5.56 Å². The zero-order valence-corrected chi connectivity index (χ0v) is 16.6. The first-order valence-electron chi connectivity index (χ1n) is 9.11. The van der Waals surface area contributed by atoms with Crippen molar-refractivity contribution in [3.63, 3.8) is 0 Å². The van der Waals surface area contributed by atoms with Crippen molar-refractivity contribution in [3.8, 4) is 17.1 Å². The largest absolute Gasteiger partial charge is 0.325 e. The van der Waals surface area contributed by atoms with Crippen molar-refractivity contribution in [2.24, 2.45) is 0 Å². The summed E-state index contributed by atoms with van der Waals surface area (Å²) in [6.07, 6.45) is 3.45. The maximum Gasteiger partial charge on any atom is 0.234 e. The van der Waals surface area contributed by atoms with E-state index < -0.39 is 0 Å². The number of aryl methyl sites for hydroxylation is 1. The van der Waals surface area contributed by atoms with Gasteiger partial charge in [0.05, 0.1) is 5.75 Å². The van der Waals surface area contributed by atoms with Crippen molar-refractivity contribution in [3.05, 3.63) is 84.7 Å². The van der Waals surface area contributed by atoms with Gasteiger partial charge in [0, 0.05) is 29.3 Å². The third kappa shape index (κ3) is 4.52. The Kier molecular flexibility index (Phi) is 5.67. The number of rotatable bonds is 6. The maximum atomic E-state index is 12.4. The second-order valence-electron chi connectivity index (χ2n) is 6.42. The number of para-hydroxylation sites is 1. The number of pyridine rings is 1. The van der Waals surface area contributed by atoms with Gasteiger partial charge in [-0.05, 0) is 48.9 Å². The average molecular weight is 401 g/mol. The van der Waals surface area contributed by atoms with Crippen LogP contribution in [0.5, 0.6) is 0 Å². The Morgan fingerprint density at radius 1 is 1.00 bits per heavy atom. The van der Waals surface area contributed by atoms with E-state index in [4.69, 9.17) is 0 Å². The molecule has 0 aliphatic rings. The average Bonchev–Trinajstić information content (AvgIpc) is 3.18. The van der Waals surface area contributed by atoms with Gasteiger partial charge < -0.3 is 5.32 Å². The van der Waals surface area contributed by atoms with Crippen molar-refractivity contribution in [1.82, 2.24) is 19.7 Å². The highest BCUT2D eigenvalue weighted by Gasteiger charge is 2.17. The molecule has 0 atom stereocenters. The third-order valence-electron chi connectivity index (χ3n) is 4.22. The number of carbonyl (C=O) groups excluding carboxylic acids is 1. The van der Waals surface area contributed by atoms with E-state index in [0.29, 0.717) is 11.0 Å². The van der Waals surface area contributed by atoms with Gasteiger partial charge >= 0.3 is 0 Å². The number of aromatic nitrogens is 4. The van der Waals surface area contributed by atoms with E-state index in [0.717, 1.165) is 22.5 Å². The van der Waals surface area contributed by atoms with Gasteiger partial charge in [0.1, 0.15) is 0 Å². The van der Waals surface area contributed by atoms with Crippen LogP contribution < -0.4 is 5.32 Å². The summed E-state index contributed by atoms with van der Waals surface area (Å²) < 4.78 is 1.97. The van der Waals surface area contributed by atoms with Gasteiger partial charge in [-0.15, -0.1) is 10.2 Å². The number of thioether (sulfide) groups is 1. The maximum absolute atomic E-state index is 12.4. The van der Waals surface area contributed by atoms with Crippen LogP contribution in [0, 0.1) is 6.92 Å². The summed E-state index contributed by atoms with van der Waals surface area (Å²) in [7, 11) is 0. The van der Waals surface area contributed by atoms with Gasteiger partial charge in [0.25, 0.3) is 0 Å². The first-order chi connectivity index (χ1) is 14.2. The monoisotopic (exact) mass is 401 g/mol. The normalized spacial score (nSPS) is 10.7. The molecule has 0 unspecified atom stereocenters. The van der Waals surface area contributed by atoms with E-state index in [1.54, 1.807) is 12.4 Å². The first kappa shape index (κ1) is 18.9. The van der Waals surface area contributed by atoms with Crippen molar-refractivity contribution in [2.45, 2.75) is 12.1 Å².